The number of hydrogen-bond acceptors (Lipinski definition) is 2. The normalized spacial score (nSPS) is 16.5. The molecule has 1 N–H and O–H groups in total. The summed E-state index contributed by atoms with van der Waals surface area (Å²) in [6.07, 6.45) is 0.0175. The highest BCUT2D eigenvalue weighted by atomic mass is 16.5. The summed E-state index contributed by atoms with van der Waals surface area (Å²) in [5, 5.41) is 10.5. The van der Waals surface area contributed by atoms with E-state index < -0.39 is 0 Å². The first-order valence-electron chi connectivity index (χ1n) is 6.61. The van der Waals surface area contributed by atoms with Crippen LogP contribution in [-0.4, -0.2) is 5.11 Å². The van der Waals surface area contributed by atoms with E-state index in [2.05, 4.69) is 19.1 Å². The number of phenols is 1. The van der Waals surface area contributed by atoms with Crippen LogP contribution in [0.4, 0.5) is 0 Å². The van der Waals surface area contributed by atoms with Gasteiger partial charge in [-0.25, -0.2) is 0 Å². The van der Waals surface area contributed by atoms with E-state index in [1.54, 1.807) is 0 Å². The molecule has 1 heterocycles. The van der Waals surface area contributed by atoms with Crippen molar-refractivity contribution in [1.29, 1.82) is 0 Å². The highest BCUT2D eigenvalue weighted by Crippen LogP contribution is 2.50. The summed E-state index contributed by atoms with van der Waals surface area (Å²) in [5.74, 6) is 1.17. The molecule has 19 heavy (non-hydrogen) atoms. The molecule has 2 nitrogen and oxygen atoms in total. The zero-order valence-corrected chi connectivity index (χ0v) is 11.7. The monoisotopic (exact) mass is 254 g/mol. The van der Waals surface area contributed by atoms with Gasteiger partial charge in [0, 0.05) is 5.56 Å². The minimum Gasteiger partial charge on any atom is -0.507 e. The minimum atomic E-state index is 0.0175. The molecule has 1 aliphatic heterocycles. The van der Waals surface area contributed by atoms with Crippen LogP contribution in [0.5, 0.6) is 11.5 Å². The Labute approximate surface area is 113 Å². The molecule has 0 saturated heterocycles. The molecule has 0 bridgehead atoms. The topological polar surface area (TPSA) is 29.5 Å². The van der Waals surface area contributed by atoms with Crippen LogP contribution in [0.15, 0.2) is 24.3 Å². The lowest BCUT2D eigenvalue weighted by Crippen LogP contribution is -2.13. The van der Waals surface area contributed by atoms with Crippen molar-refractivity contribution in [2.75, 3.05) is 0 Å². The van der Waals surface area contributed by atoms with Gasteiger partial charge in [0.25, 0.3) is 0 Å². The summed E-state index contributed by atoms with van der Waals surface area (Å²) < 4.78 is 6.05. The first-order chi connectivity index (χ1) is 9.02. The van der Waals surface area contributed by atoms with Crippen LogP contribution in [0.2, 0.25) is 0 Å². The van der Waals surface area contributed by atoms with E-state index in [1.807, 2.05) is 32.9 Å². The average molecular weight is 254 g/mol. The predicted octanol–water partition coefficient (Wildman–Crippen LogP) is 4.44. The fourth-order valence-electron chi connectivity index (χ4n) is 2.83. The molecule has 98 valence electrons. The van der Waals surface area contributed by atoms with Gasteiger partial charge in [-0.3, -0.25) is 0 Å². The van der Waals surface area contributed by atoms with Crippen LogP contribution < -0.4 is 4.74 Å². The molecule has 3 rings (SSSR count). The van der Waals surface area contributed by atoms with E-state index in [0.29, 0.717) is 5.75 Å². The Morgan fingerprint density at radius 2 is 1.68 bits per heavy atom. The molecule has 2 aromatic carbocycles. The van der Waals surface area contributed by atoms with E-state index >= 15 is 0 Å². The minimum absolute atomic E-state index is 0.0175. The first kappa shape index (κ1) is 12.1. The lowest BCUT2D eigenvalue weighted by molar-refractivity contribution is 0.220. The maximum atomic E-state index is 10.5. The van der Waals surface area contributed by atoms with Crippen molar-refractivity contribution in [2.24, 2.45) is 0 Å². The van der Waals surface area contributed by atoms with Gasteiger partial charge in [-0.2, -0.15) is 0 Å². The van der Waals surface area contributed by atoms with Crippen molar-refractivity contribution < 1.29 is 9.84 Å². The molecule has 0 aliphatic carbocycles. The van der Waals surface area contributed by atoms with E-state index in [-0.39, 0.29) is 6.10 Å². The average Bonchev–Trinajstić information content (AvgIpc) is 2.43. The summed E-state index contributed by atoms with van der Waals surface area (Å²) >= 11 is 0. The smallest absolute Gasteiger partial charge is 0.134 e. The number of rotatable bonds is 0. The molecule has 1 aliphatic rings. The third-order valence-electron chi connectivity index (χ3n) is 4.25. The van der Waals surface area contributed by atoms with Gasteiger partial charge < -0.3 is 9.84 Å². The van der Waals surface area contributed by atoms with Crippen LogP contribution >= 0.6 is 0 Å². The predicted molar refractivity (Wildman–Crippen MR) is 76.8 cm³/mol. The number of aromatic hydroxyl groups is 1. The largest absolute Gasteiger partial charge is 0.507 e. The molecule has 1 unspecified atom stereocenters. The van der Waals surface area contributed by atoms with Crippen molar-refractivity contribution in [3.8, 4) is 22.6 Å². The molecule has 0 spiro atoms. The van der Waals surface area contributed by atoms with E-state index in [4.69, 9.17) is 4.74 Å². The lowest BCUT2D eigenvalue weighted by Gasteiger charge is -2.29. The van der Waals surface area contributed by atoms with Crippen LogP contribution in [0, 0.1) is 20.8 Å². The molecule has 0 fully saturated rings. The number of hydrogen-bond donors (Lipinski definition) is 1. The first-order valence-corrected chi connectivity index (χ1v) is 6.61. The highest BCUT2D eigenvalue weighted by molar-refractivity contribution is 5.84. The van der Waals surface area contributed by atoms with E-state index in [1.165, 1.54) is 0 Å². The molecular formula is C17H18O2. The SMILES string of the molecule is Cc1c(C)c(O)c2c(c1C)OC(C)c1ccccc1-2. The third kappa shape index (κ3) is 1.56. The van der Waals surface area contributed by atoms with Crippen molar-refractivity contribution in [2.45, 2.75) is 33.8 Å². The van der Waals surface area contributed by atoms with Crippen molar-refractivity contribution >= 4 is 0 Å². The lowest BCUT2D eigenvalue weighted by atomic mass is 9.88. The zero-order chi connectivity index (χ0) is 13.7. The number of benzene rings is 2. The molecule has 0 radical (unpaired) electrons. The highest BCUT2D eigenvalue weighted by Gasteiger charge is 2.28. The maximum absolute atomic E-state index is 10.5. The summed E-state index contributed by atoms with van der Waals surface area (Å²) in [4.78, 5) is 0. The van der Waals surface area contributed by atoms with Crippen LogP contribution in [0.3, 0.4) is 0 Å². The van der Waals surface area contributed by atoms with Gasteiger partial charge in [-0.1, -0.05) is 24.3 Å². The van der Waals surface area contributed by atoms with E-state index in [0.717, 1.165) is 39.1 Å². The van der Waals surface area contributed by atoms with Crippen molar-refractivity contribution in [1.82, 2.24) is 0 Å². The van der Waals surface area contributed by atoms with Crippen molar-refractivity contribution in [3.05, 3.63) is 46.5 Å². The van der Waals surface area contributed by atoms with Crippen molar-refractivity contribution in [3.63, 3.8) is 0 Å². The molecule has 0 saturated carbocycles. The maximum Gasteiger partial charge on any atom is 0.134 e. The van der Waals surface area contributed by atoms with Gasteiger partial charge >= 0.3 is 0 Å². The Hall–Kier alpha value is -1.96. The fourth-order valence-corrected chi connectivity index (χ4v) is 2.83. The molecular weight excluding hydrogens is 236 g/mol. The zero-order valence-electron chi connectivity index (χ0n) is 11.7. The Morgan fingerprint density at radius 1 is 1.00 bits per heavy atom. The van der Waals surface area contributed by atoms with Gasteiger partial charge in [0.1, 0.15) is 17.6 Å². The summed E-state index contributed by atoms with van der Waals surface area (Å²) in [6, 6.07) is 8.13. The number of phenolic OH excluding ortho intramolecular Hbond substituents is 1. The van der Waals surface area contributed by atoms with E-state index in [9.17, 15) is 5.11 Å². The van der Waals surface area contributed by atoms with Gasteiger partial charge in [-0.15, -0.1) is 0 Å². The molecule has 0 amide bonds. The Morgan fingerprint density at radius 3 is 2.42 bits per heavy atom. The van der Waals surface area contributed by atoms with Crippen LogP contribution in [-0.2, 0) is 0 Å². The Bertz CT molecular complexity index is 671. The number of ether oxygens (including phenoxy) is 1. The van der Waals surface area contributed by atoms with Gasteiger partial charge in [0.15, 0.2) is 0 Å². The van der Waals surface area contributed by atoms with Gasteiger partial charge in [0.05, 0.1) is 5.56 Å². The molecule has 1 atom stereocenters. The molecule has 0 aromatic heterocycles. The van der Waals surface area contributed by atoms with Crippen LogP contribution in [0.25, 0.3) is 11.1 Å². The van der Waals surface area contributed by atoms with Gasteiger partial charge in [0.2, 0.25) is 0 Å². The van der Waals surface area contributed by atoms with Crippen LogP contribution in [0.1, 0.15) is 35.3 Å². The molecule has 2 aromatic rings. The standard InChI is InChI=1S/C17H18O2/c1-9-10(2)16(18)15-14-8-6-5-7-13(14)12(4)19-17(15)11(9)3/h5-8,12,18H,1-4H3. The second-order valence-electron chi connectivity index (χ2n) is 5.28. The molecule has 2 heteroatoms. The van der Waals surface area contributed by atoms with Gasteiger partial charge in [-0.05, 0) is 49.9 Å². The Balaban J connectivity index is 2.42. The second kappa shape index (κ2) is 4.02. The second-order valence-corrected chi connectivity index (χ2v) is 5.28. The fraction of sp³-hybridized carbons (Fsp3) is 0.294. The number of fused-ring (bicyclic) bond motifs is 3. The Kier molecular flexibility index (Phi) is 2.56. The summed E-state index contributed by atoms with van der Waals surface area (Å²) in [5.41, 5.74) is 6.21. The quantitative estimate of drug-likeness (QED) is 0.753. The summed E-state index contributed by atoms with van der Waals surface area (Å²) in [6.45, 7) is 8.09. The summed E-state index contributed by atoms with van der Waals surface area (Å²) in [7, 11) is 0. The third-order valence-corrected chi connectivity index (χ3v) is 4.25.